The Morgan fingerprint density at radius 2 is 1.20 bits per heavy atom. The Morgan fingerprint density at radius 1 is 0.667 bits per heavy atom. The predicted molar refractivity (Wildman–Crippen MR) is 71.2 cm³/mol. The predicted octanol–water partition coefficient (Wildman–Crippen LogP) is 0.662. The molecule has 0 amide bonds. The van der Waals surface area contributed by atoms with Crippen LogP contribution >= 0.6 is 23.5 Å². The van der Waals surface area contributed by atoms with Gasteiger partial charge >= 0.3 is 0 Å². The molecule has 0 atom stereocenters. The summed E-state index contributed by atoms with van der Waals surface area (Å²) in [5.41, 5.74) is 0. The average molecular weight is 250 g/mol. The first-order valence-corrected chi connectivity index (χ1v) is 7.96. The molecule has 1 heterocycles. The van der Waals surface area contributed by atoms with Gasteiger partial charge in [-0.1, -0.05) is 0 Å². The SMILES string of the molecule is C1COCCNCCSCCSCCN1. The fraction of sp³-hybridized carbons (Fsp3) is 1.00. The topological polar surface area (TPSA) is 33.3 Å². The van der Waals surface area contributed by atoms with Crippen LogP contribution < -0.4 is 10.6 Å². The van der Waals surface area contributed by atoms with Crippen molar-refractivity contribution in [2.75, 3.05) is 62.4 Å². The Hall–Kier alpha value is 0.580. The maximum Gasteiger partial charge on any atom is 0.0591 e. The molecule has 0 aliphatic carbocycles. The number of nitrogens with one attached hydrogen (secondary N) is 2. The second-order valence-corrected chi connectivity index (χ2v) is 5.79. The summed E-state index contributed by atoms with van der Waals surface area (Å²) in [6.45, 7) is 5.85. The third-order valence-electron chi connectivity index (χ3n) is 2.06. The number of hydrogen-bond donors (Lipinski definition) is 2. The molecule has 0 aromatic rings. The molecule has 0 spiro atoms. The number of ether oxygens (including phenoxy) is 1. The highest BCUT2D eigenvalue weighted by Gasteiger charge is 1.94. The van der Waals surface area contributed by atoms with Crippen LogP contribution in [-0.2, 0) is 4.74 Å². The van der Waals surface area contributed by atoms with E-state index in [1.807, 2.05) is 23.5 Å². The summed E-state index contributed by atoms with van der Waals surface area (Å²) in [6, 6.07) is 0. The van der Waals surface area contributed by atoms with Crippen molar-refractivity contribution in [1.82, 2.24) is 10.6 Å². The third kappa shape index (κ3) is 9.51. The summed E-state index contributed by atoms with van der Waals surface area (Å²) < 4.78 is 5.47. The lowest BCUT2D eigenvalue weighted by Crippen LogP contribution is -2.25. The van der Waals surface area contributed by atoms with Gasteiger partial charge in [0.05, 0.1) is 13.2 Å². The van der Waals surface area contributed by atoms with E-state index in [0.29, 0.717) is 0 Å². The molecule has 15 heavy (non-hydrogen) atoms. The van der Waals surface area contributed by atoms with Gasteiger partial charge in [0.1, 0.15) is 0 Å². The minimum absolute atomic E-state index is 0.834. The van der Waals surface area contributed by atoms with Crippen LogP contribution in [0.2, 0.25) is 0 Å². The van der Waals surface area contributed by atoms with Gasteiger partial charge in [0.15, 0.2) is 0 Å². The van der Waals surface area contributed by atoms with E-state index in [2.05, 4.69) is 10.6 Å². The molecule has 90 valence electrons. The van der Waals surface area contributed by atoms with Crippen molar-refractivity contribution in [2.24, 2.45) is 0 Å². The smallest absolute Gasteiger partial charge is 0.0591 e. The van der Waals surface area contributed by atoms with E-state index in [4.69, 9.17) is 4.74 Å². The molecule has 1 aliphatic rings. The molecular formula is C10H22N2OS2. The van der Waals surface area contributed by atoms with E-state index in [-0.39, 0.29) is 0 Å². The van der Waals surface area contributed by atoms with Crippen molar-refractivity contribution in [3.05, 3.63) is 0 Å². The van der Waals surface area contributed by atoms with Crippen LogP contribution in [0.1, 0.15) is 0 Å². The van der Waals surface area contributed by atoms with Crippen molar-refractivity contribution in [3.63, 3.8) is 0 Å². The zero-order chi connectivity index (χ0) is 10.6. The highest BCUT2D eigenvalue weighted by Crippen LogP contribution is 2.05. The Kier molecular flexibility index (Phi) is 10.1. The lowest BCUT2D eigenvalue weighted by Gasteiger charge is -2.06. The van der Waals surface area contributed by atoms with Gasteiger partial charge in [0.2, 0.25) is 0 Å². The van der Waals surface area contributed by atoms with E-state index in [1.165, 1.54) is 23.0 Å². The summed E-state index contributed by atoms with van der Waals surface area (Å²) in [6.07, 6.45) is 0. The summed E-state index contributed by atoms with van der Waals surface area (Å²) >= 11 is 4.08. The summed E-state index contributed by atoms with van der Waals surface area (Å²) in [4.78, 5) is 0. The molecule has 2 N–H and O–H groups in total. The number of hydrogen-bond acceptors (Lipinski definition) is 5. The molecule has 3 nitrogen and oxygen atoms in total. The fourth-order valence-electron chi connectivity index (χ4n) is 1.25. The van der Waals surface area contributed by atoms with Crippen molar-refractivity contribution in [2.45, 2.75) is 0 Å². The molecule has 0 aromatic heterocycles. The molecule has 1 rings (SSSR count). The first kappa shape index (κ1) is 13.6. The zero-order valence-electron chi connectivity index (χ0n) is 9.30. The van der Waals surface area contributed by atoms with Gasteiger partial charge < -0.3 is 15.4 Å². The molecule has 0 unspecified atom stereocenters. The molecular weight excluding hydrogens is 228 g/mol. The van der Waals surface area contributed by atoms with Gasteiger partial charge in [0.25, 0.3) is 0 Å². The normalized spacial score (nSPS) is 24.0. The second kappa shape index (κ2) is 11.1. The van der Waals surface area contributed by atoms with Crippen LogP contribution in [0.4, 0.5) is 0 Å². The van der Waals surface area contributed by atoms with Crippen molar-refractivity contribution >= 4 is 23.5 Å². The van der Waals surface area contributed by atoms with Crippen LogP contribution in [0.3, 0.4) is 0 Å². The van der Waals surface area contributed by atoms with Crippen molar-refractivity contribution < 1.29 is 4.74 Å². The van der Waals surface area contributed by atoms with Crippen LogP contribution in [0.5, 0.6) is 0 Å². The number of thioether (sulfide) groups is 2. The fourth-order valence-corrected chi connectivity index (χ4v) is 3.18. The highest BCUT2D eigenvalue weighted by molar-refractivity contribution is 8.02. The number of rotatable bonds is 0. The van der Waals surface area contributed by atoms with E-state index in [9.17, 15) is 0 Å². The van der Waals surface area contributed by atoms with Gasteiger partial charge in [-0.3, -0.25) is 0 Å². The van der Waals surface area contributed by atoms with Crippen LogP contribution in [-0.4, -0.2) is 62.4 Å². The maximum atomic E-state index is 5.47. The average Bonchev–Trinajstić information content (AvgIpc) is 2.27. The molecule has 0 aromatic carbocycles. The van der Waals surface area contributed by atoms with Gasteiger partial charge in [-0.05, 0) is 0 Å². The lowest BCUT2D eigenvalue weighted by atomic mass is 10.6. The van der Waals surface area contributed by atoms with Crippen LogP contribution in [0, 0.1) is 0 Å². The maximum absolute atomic E-state index is 5.47. The summed E-state index contributed by atoms with van der Waals surface area (Å²) in [5.74, 6) is 5.00. The summed E-state index contributed by atoms with van der Waals surface area (Å²) in [7, 11) is 0. The molecule has 1 aliphatic heterocycles. The zero-order valence-corrected chi connectivity index (χ0v) is 10.9. The van der Waals surface area contributed by atoms with Gasteiger partial charge in [-0.2, -0.15) is 23.5 Å². The molecule has 0 radical (unpaired) electrons. The molecule has 0 bridgehead atoms. The highest BCUT2D eigenvalue weighted by atomic mass is 32.2. The molecule has 0 saturated carbocycles. The lowest BCUT2D eigenvalue weighted by molar-refractivity contribution is 0.138. The van der Waals surface area contributed by atoms with E-state index in [0.717, 1.165) is 39.4 Å². The van der Waals surface area contributed by atoms with Gasteiger partial charge in [-0.15, -0.1) is 0 Å². The Balaban J connectivity index is 2.01. The van der Waals surface area contributed by atoms with Crippen LogP contribution in [0.15, 0.2) is 0 Å². The molecule has 1 fully saturated rings. The molecule has 1 saturated heterocycles. The first-order chi connectivity index (χ1) is 7.50. The molecule has 5 heteroatoms. The van der Waals surface area contributed by atoms with E-state index < -0.39 is 0 Å². The van der Waals surface area contributed by atoms with Crippen LogP contribution in [0.25, 0.3) is 0 Å². The monoisotopic (exact) mass is 250 g/mol. The quantitative estimate of drug-likeness (QED) is 0.660. The minimum Gasteiger partial charge on any atom is -0.379 e. The van der Waals surface area contributed by atoms with Crippen molar-refractivity contribution in [3.8, 4) is 0 Å². The summed E-state index contributed by atoms with van der Waals surface area (Å²) in [5, 5.41) is 6.76. The standard InChI is InChI=1S/C10H22N2OS2/c1-5-13-6-2-12-4-8-15-10-9-14-7-3-11-1/h11-12H,1-10H2. The minimum atomic E-state index is 0.834. The van der Waals surface area contributed by atoms with Gasteiger partial charge in [0, 0.05) is 49.2 Å². The first-order valence-electron chi connectivity index (χ1n) is 5.65. The Labute approximate surface area is 101 Å². The Bertz CT molecular complexity index is 80.0. The van der Waals surface area contributed by atoms with Crippen molar-refractivity contribution in [1.29, 1.82) is 0 Å². The Morgan fingerprint density at radius 3 is 1.73 bits per heavy atom. The second-order valence-electron chi connectivity index (χ2n) is 3.34. The van der Waals surface area contributed by atoms with E-state index >= 15 is 0 Å². The third-order valence-corrected chi connectivity index (χ3v) is 4.29. The largest absolute Gasteiger partial charge is 0.379 e. The van der Waals surface area contributed by atoms with Gasteiger partial charge in [-0.25, -0.2) is 0 Å². The van der Waals surface area contributed by atoms with E-state index in [1.54, 1.807) is 0 Å².